The number of amides is 2. The molecule has 26 heavy (non-hydrogen) atoms. The number of benzene rings is 2. The predicted octanol–water partition coefficient (Wildman–Crippen LogP) is 2.37. The standard InChI is InChI=1S/C20H17N3O3/c21-19(24)18-13-23(16-8-1-2-9-17(16)26-18)20(25)14-6-5-7-15(12-14)22-10-3-4-11-22/h1-12,18H,13H2,(H2,21,24). The Morgan fingerprint density at radius 2 is 1.77 bits per heavy atom. The molecule has 0 bridgehead atoms. The lowest BCUT2D eigenvalue weighted by atomic mass is 10.1. The maximum atomic E-state index is 13.2. The van der Waals surface area contributed by atoms with Gasteiger partial charge < -0.3 is 19.9 Å². The Bertz CT molecular complexity index is 966. The molecule has 2 aromatic carbocycles. The predicted molar refractivity (Wildman–Crippen MR) is 97.5 cm³/mol. The number of anilines is 1. The zero-order chi connectivity index (χ0) is 18.1. The largest absolute Gasteiger partial charge is 0.477 e. The van der Waals surface area contributed by atoms with Gasteiger partial charge in [-0.15, -0.1) is 0 Å². The van der Waals surface area contributed by atoms with Crippen LogP contribution in [-0.4, -0.2) is 29.0 Å². The van der Waals surface area contributed by atoms with Crippen molar-refractivity contribution in [2.24, 2.45) is 5.73 Å². The average molecular weight is 347 g/mol. The number of ether oxygens (including phenoxy) is 1. The lowest BCUT2D eigenvalue weighted by Crippen LogP contribution is -2.49. The topological polar surface area (TPSA) is 77.6 Å². The number of aromatic nitrogens is 1. The SMILES string of the molecule is NC(=O)C1CN(C(=O)c2cccc(-n3cccc3)c2)c2ccccc2O1. The number of primary amides is 1. The Labute approximate surface area is 150 Å². The third-order valence-electron chi connectivity index (χ3n) is 4.33. The molecule has 1 atom stereocenters. The van der Waals surface area contributed by atoms with E-state index in [4.69, 9.17) is 10.5 Å². The van der Waals surface area contributed by atoms with Crippen molar-refractivity contribution in [1.82, 2.24) is 4.57 Å². The van der Waals surface area contributed by atoms with Gasteiger partial charge in [-0.3, -0.25) is 9.59 Å². The van der Waals surface area contributed by atoms with E-state index in [9.17, 15) is 9.59 Å². The quantitative estimate of drug-likeness (QED) is 0.790. The van der Waals surface area contributed by atoms with Gasteiger partial charge in [-0.05, 0) is 42.5 Å². The normalized spacial score (nSPS) is 15.8. The molecule has 0 saturated heterocycles. The monoisotopic (exact) mass is 347 g/mol. The van der Waals surface area contributed by atoms with Crippen molar-refractivity contribution in [1.29, 1.82) is 0 Å². The molecule has 2 N–H and O–H groups in total. The number of carbonyl (C=O) groups is 2. The molecule has 0 aliphatic carbocycles. The van der Waals surface area contributed by atoms with E-state index in [1.54, 1.807) is 29.2 Å². The highest BCUT2D eigenvalue weighted by atomic mass is 16.5. The second kappa shape index (κ2) is 6.40. The first-order valence-electron chi connectivity index (χ1n) is 8.24. The second-order valence-electron chi connectivity index (χ2n) is 6.03. The van der Waals surface area contributed by atoms with E-state index in [0.717, 1.165) is 5.69 Å². The van der Waals surface area contributed by atoms with Crippen LogP contribution in [0.2, 0.25) is 0 Å². The molecule has 3 aromatic rings. The molecule has 0 radical (unpaired) electrons. The first kappa shape index (κ1) is 16.0. The summed E-state index contributed by atoms with van der Waals surface area (Å²) in [6.07, 6.45) is 2.95. The third-order valence-corrected chi connectivity index (χ3v) is 4.33. The maximum absolute atomic E-state index is 13.2. The first-order chi connectivity index (χ1) is 12.6. The molecule has 0 fully saturated rings. The number of nitrogens with zero attached hydrogens (tertiary/aromatic N) is 2. The Hall–Kier alpha value is -3.54. The van der Waals surface area contributed by atoms with E-state index in [2.05, 4.69) is 0 Å². The van der Waals surface area contributed by atoms with Gasteiger partial charge in [0.05, 0.1) is 12.2 Å². The van der Waals surface area contributed by atoms with Gasteiger partial charge in [0.2, 0.25) is 0 Å². The number of nitrogens with two attached hydrogens (primary N) is 1. The van der Waals surface area contributed by atoms with Gasteiger partial charge in [-0.1, -0.05) is 18.2 Å². The van der Waals surface area contributed by atoms with E-state index in [0.29, 0.717) is 17.0 Å². The fraction of sp³-hybridized carbons (Fsp3) is 0.100. The second-order valence-corrected chi connectivity index (χ2v) is 6.03. The van der Waals surface area contributed by atoms with E-state index in [-0.39, 0.29) is 12.5 Å². The van der Waals surface area contributed by atoms with E-state index in [1.807, 2.05) is 53.4 Å². The molecule has 2 heterocycles. The highest BCUT2D eigenvalue weighted by molar-refractivity contribution is 6.08. The summed E-state index contributed by atoms with van der Waals surface area (Å²) in [4.78, 5) is 26.3. The number of rotatable bonds is 3. The molecule has 1 aromatic heterocycles. The molecule has 1 unspecified atom stereocenters. The van der Waals surface area contributed by atoms with Crippen molar-refractivity contribution in [2.75, 3.05) is 11.4 Å². The molecule has 6 heteroatoms. The molecule has 0 saturated carbocycles. The van der Waals surface area contributed by atoms with Crippen molar-refractivity contribution in [3.8, 4) is 11.4 Å². The van der Waals surface area contributed by atoms with E-state index >= 15 is 0 Å². The van der Waals surface area contributed by atoms with Crippen LogP contribution >= 0.6 is 0 Å². The van der Waals surface area contributed by atoms with Crippen molar-refractivity contribution in [3.63, 3.8) is 0 Å². The Morgan fingerprint density at radius 1 is 1.00 bits per heavy atom. The number of para-hydroxylation sites is 2. The summed E-state index contributed by atoms with van der Waals surface area (Å²) in [5, 5.41) is 0. The summed E-state index contributed by atoms with van der Waals surface area (Å²) in [5.41, 5.74) is 7.44. The zero-order valence-electron chi connectivity index (χ0n) is 13.9. The summed E-state index contributed by atoms with van der Waals surface area (Å²) < 4.78 is 7.55. The molecular formula is C20H17N3O3. The van der Waals surface area contributed by atoms with Crippen LogP contribution in [0.3, 0.4) is 0 Å². The lowest BCUT2D eigenvalue weighted by Gasteiger charge is -2.33. The minimum atomic E-state index is -0.874. The van der Waals surface area contributed by atoms with Crippen LogP contribution in [0.15, 0.2) is 73.1 Å². The van der Waals surface area contributed by atoms with Gasteiger partial charge >= 0.3 is 0 Å². The minimum absolute atomic E-state index is 0.0823. The van der Waals surface area contributed by atoms with Crippen LogP contribution in [0.4, 0.5) is 5.69 Å². The zero-order valence-corrected chi connectivity index (χ0v) is 13.9. The number of carbonyl (C=O) groups excluding carboxylic acids is 2. The molecule has 4 rings (SSSR count). The van der Waals surface area contributed by atoms with Crippen LogP contribution in [-0.2, 0) is 4.79 Å². The smallest absolute Gasteiger partial charge is 0.260 e. The summed E-state index contributed by atoms with van der Waals surface area (Å²) in [7, 11) is 0. The van der Waals surface area contributed by atoms with Crippen LogP contribution < -0.4 is 15.4 Å². The van der Waals surface area contributed by atoms with Crippen molar-refractivity contribution < 1.29 is 14.3 Å². The Morgan fingerprint density at radius 3 is 2.54 bits per heavy atom. The fourth-order valence-corrected chi connectivity index (χ4v) is 3.04. The van der Waals surface area contributed by atoms with Crippen molar-refractivity contribution >= 4 is 17.5 Å². The summed E-state index contributed by atoms with van der Waals surface area (Å²) >= 11 is 0. The molecule has 1 aliphatic heterocycles. The molecule has 130 valence electrons. The Kier molecular flexibility index (Phi) is 3.93. The molecule has 2 amide bonds. The van der Waals surface area contributed by atoms with Gasteiger partial charge in [0, 0.05) is 23.6 Å². The first-order valence-corrected chi connectivity index (χ1v) is 8.24. The highest BCUT2D eigenvalue weighted by Crippen LogP contribution is 2.34. The summed E-state index contributed by atoms with van der Waals surface area (Å²) in [6, 6.07) is 18.3. The van der Waals surface area contributed by atoms with Gasteiger partial charge in [0.1, 0.15) is 5.75 Å². The highest BCUT2D eigenvalue weighted by Gasteiger charge is 2.33. The maximum Gasteiger partial charge on any atom is 0.260 e. The number of fused-ring (bicyclic) bond motifs is 1. The Balaban J connectivity index is 1.71. The summed E-state index contributed by atoms with van der Waals surface area (Å²) in [6.45, 7) is 0.0823. The van der Waals surface area contributed by atoms with Crippen LogP contribution in [0.1, 0.15) is 10.4 Å². The fourth-order valence-electron chi connectivity index (χ4n) is 3.04. The van der Waals surface area contributed by atoms with Gasteiger partial charge in [0.15, 0.2) is 6.10 Å². The molecular weight excluding hydrogens is 330 g/mol. The lowest BCUT2D eigenvalue weighted by molar-refractivity contribution is -0.124. The third kappa shape index (κ3) is 2.82. The number of hydrogen-bond donors (Lipinski definition) is 1. The number of hydrogen-bond acceptors (Lipinski definition) is 3. The van der Waals surface area contributed by atoms with E-state index < -0.39 is 12.0 Å². The van der Waals surface area contributed by atoms with Crippen LogP contribution in [0.5, 0.6) is 5.75 Å². The van der Waals surface area contributed by atoms with Gasteiger partial charge in [-0.2, -0.15) is 0 Å². The van der Waals surface area contributed by atoms with Gasteiger partial charge in [-0.25, -0.2) is 0 Å². The minimum Gasteiger partial charge on any atom is -0.477 e. The van der Waals surface area contributed by atoms with Crippen molar-refractivity contribution in [2.45, 2.75) is 6.10 Å². The van der Waals surface area contributed by atoms with Gasteiger partial charge in [0.25, 0.3) is 11.8 Å². The van der Waals surface area contributed by atoms with E-state index in [1.165, 1.54) is 0 Å². The average Bonchev–Trinajstić information content (AvgIpc) is 3.21. The van der Waals surface area contributed by atoms with Crippen LogP contribution in [0.25, 0.3) is 5.69 Å². The van der Waals surface area contributed by atoms with Crippen molar-refractivity contribution in [3.05, 3.63) is 78.6 Å². The molecule has 6 nitrogen and oxygen atoms in total. The molecule has 0 spiro atoms. The molecule has 1 aliphatic rings. The summed E-state index contributed by atoms with van der Waals surface area (Å²) in [5.74, 6) is -0.336. The van der Waals surface area contributed by atoms with Crippen LogP contribution in [0, 0.1) is 0 Å².